The van der Waals surface area contributed by atoms with E-state index >= 15 is 0 Å². The van der Waals surface area contributed by atoms with Crippen LogP contribution in [-0.4, -0.2) is 46.1 Å². The van der Waals surface area contributed by atoms with E-state index < -0.39 is 36.0 Å². The van der Waals surface area contributed by atoms with Crippen molar-refractivity contribution in [2.24, 2.45) is 11.8 Å². The molecule has 0 saturated heterocycles. The van der Waals surface area contributed by atoms with Crippen LogP contribution < -0.4 is 0 Å². The molecule has 0 radical (unpaired) electrons. The molecule has 2 rings (SSSR count). The number of benzene rings is 1. The summed E-state index contributed by atoms with van der Waals surface area (Å²) in [5.41, 5.74) is 0.380. The molecule has 1 fully saturated rings. The zero-order valence-electron chi connectivity index (χ0n) is 11.4. The Morgan fingerprint density at radius 3 is 2.43 bits per heavy atom. The van der Waals surface area contributed by atoms with Crippen LogP contribution in [0.4, 0.5) is 0 Å². The zero-order valence-corrected chi connectivity index (χ0v) is 11.4. The molecule has 1 aromatic carbocycles. The van der Waals surface area contributed by atoms with E-state index in [0.29, 0.717) is 5.56 Å². The maximum atomic E-state index is 12.0. The molecule has 0 amide bonds. The lowest BCUT2D eigenvalue weighted by atomic mass is 9.91. The van der Waals surface area contributed by atoms with Crippen LogP contribution in [0, 0.1) is 11.8 Å². The highest BCUT2D eigenvalue weighted by Crippen LogP contribution is 2.36. The Bertz CT molecular complexity index is 500. The Kier molecular flexibility index (Phi) is 4.93. The third-order valence-corrected chi connectivity index (χ3v) is 3.88. The summed E-state index contributed by atoms with van der Waals surface area (Å²) in [6.07, 6.45) is -1.69. The van der Waals surface area contributed by atoms with Gasteiger partial charge in [-0.3, -0.25) is 4.79 Å². The average Bonchev–Trinajstić information content (AvgIpc) is 2.74. The van der Waals surface area contributed by atoms with E-state index in [9.17, 15) is 19.8 Å². The molecule has 0 heterocycles. The van der Waals surface area contributed by atoms with E-state index in [1.165, 1.54) is 0 Å². The first-order chi connectivity index (χ1) is 10.0. The molecule has 1 saturated carbocycles. The fourth-order valence-electron chi connectivity index (χ4n) is 2.81. The summed E-state index contributed by atoms with van der Waals surface area (Å²) in [4.78, 5) is 22.8. The van der Waals surface area contributed by atoms with Crippen LogP contribution in [0.25, 0.3) is 0 Å². The third-order valence-electron chi connectivity index (χ3n) is 3.88. The highest BCUT2D eigenvalue weighted by atomic mass is 16.5. The highest BCUT2D eigenvalue weighted by molar-refractivity contribution is 5.89. The van der Waals surface area contributed by atoms with Gasteiger partial charge < -0.3 is 20.1 Å². The van der Waals surface area contributed by atoms with Crippen molar-refractivity contribution in [2.75, 3.05) is 6.61 Å². The molecule has 0 bridgehead atoms. The van der Waals surface area contributed by atoms with Gasteiger partial charge in [0, 0.05) is 24.9 Å². The summed E-state index contributed by atoms with van der Waals surface area (Å²) in [6.45, 7) is -0.332. The smallest absolute Gasteiger partial charge is 0.338 e. The summed E-state index contributed by atoms with van der Waals surface area (Å²) in [5.74, 6) is -2.76. The monoisotopic (exact) mass is 294 g/mol. The molecule has 4 atom stereocenters. The van der Waals surface area contributed by atoms with Crippen molar-refractivity contribution < 1.29 is 29.6 Å². The van der Waals surface area contributed by atoms with E-state index in [1.54, 1.807) is 30.3 Å². The molecule has 1 aromatic rings. The van der Waals surface area contributed by atoms with Crippen LogP contribution in [0.3, 0.4) is 0 Å². The predicted molar refractivity (Wildman–Crippen MR) is 72.6 cm³/mol. The molecule has 21 heavy (non-hydrogen) atoms. The second-order valence-corrected chi connectivity index (χ2v) is 5.22. The van der Waals surface area contributed by atoms with Crippen molar-refractivity contribution in [3.05, 3.63) is 35.9 Å². The van der Waals surface area contributed by atoms with Gasteiger partial charge in [0.2, 0.25) is 0 Å². The number of carbonyl (C=O) groups is 2. The summed E-state index contributed by atoms with van der Waals surface area (Å²) < 4.78 is 5.33. The molecular weight excluding hydrogens is 276 g/mol. The fraction of sp³-hybridized carbons (Fsp3) is 0.467. The Labute approximate surface area is 122 Å². The molecule has 3 N–H and O–H groups in total. The zero-order chi connectivity index (χ0) is 15.4. The van der Waals surface area contributed by atoms with Crippen LogP contribution in [0.1, 0.15) is 23.2 Å². The van der Waals surface area contributed by atoms with Crippen LogP contribution in [-0.2, 0) is 9.53 Å². The van der Waals surface area contributed by atoms with Crippen LogP contribution in [0.2, 0.25) is 0 Å². The van der Waals surface area contributed by atoms with Crippen molar-refractivity contribution in [1.29, 1.82) is 0 Å². The van der Waals surface area contributed by atoms with Gasteiger partial charge in [-0.15, -0.1) is 0 Å². The quantitative estimate of drug-likeness (QED) is 0.690. The minimum atomic E-state index is -1.05. The lowest BCUT2D eigenvalue weighted by Crippen LogP contribution is -2.30. The van der Waals surface area contributed by atoms with Crippen LogP contribution >= 0.6 is 0 Å². The normalized spacial score (nSPS) is 28.3. The summed E-state index contributed by atoms with van der Waals surface area (Å²) in [5, 5.41) is 28.2. The van der Waals surface area contributed by atoms with E-state index in [2.05, 4.69) is 0 Å². The predicted octanol–water partition coefficient (Wildman–Crippen LogP) is 0.676. The van der Waals surface area contributed by atoms with E-state index in [1.807, 2.05) is 0 Å². The van der Waals surface area contributed by atoms with Gasteiger partial charge in [-0.25, -0.2) is 4.79 Å². The van der Waals surface area contributed by atoms with Gasteiger partial charge in [0.25, 0.3) is 0 Å². The Hall–Kier alpha value is -1.92. The van der Waals surface area contributed by atoms with Crippen molar-refractivity contribution >= 4 is 11.9 Å². The van der Waals surface area contributed by atoms with Gasteiger partial charge in [0.15, 0.2) is 0 Å². The van der Waals surface area contributed by atoms with E-state index in [0.717, 1.165) is 0 Å². The largest absolute Gasteiger partial charge is 0.481 e. The molecular formula is C15H18O6. The molecule has 6 nitrogen and oxygen atoms in total. The number of aliphatic hydroxyl groups is 2. The molecule has 1 aliphatic rings. The number of carbonyl (C=O) groups excluding carboxylic acids is 1. The van der Waals surface area contributed by atoms with Crippen molar-refractivity contribution in [3.63, 3.8) is 0 Å². The van der Waals surface area contributed by atoms with Gasteiger partial charge in [-0.1, -0.05) is 18.2 Å². The van der Waals surface area contributed by atoms with Crippen molar-refractivity contribution in [2.45, 2.75) is 25.0 Å². The minimum absolute atomic E-state index is 0.141. The highest BCUT2D eigenvalue weighted by Gasteiger charge is 2.45. The third kappa shape index (κ3) is 3.59. The maximum Gasteiger partial charge on any atom is 0.338 e. The van der Waals surface area contributed by atoms with Gasteiger partial charge in [0.1, 0.15) is 6.10 Å². The maximum absolute atomic E-state index is 12.0. The van der Waals surface area contributed by atoms with Gasteiger partial charge in [-0.2, -0.15) is 0 Å². The SMILES string of the molecule is O=C(O)C[C@H]1[C@H](CO)[C@@H](OC(=O)c2ccccc2)C[C@H]1O. The number of hydrogen-bond acceptors (Lipinski definition) is 5. The molecule has 114 valence electrons. The number of aliphatic hydroxyl groups excluding tert-OH is 2. The van der Waals surface area contributed by atoms with E-state index in [-0.39, 0.29) is 19.4 Å². The minimum Gasteiger partial charge on any atom is -0.481 e. The lowest BCUT2D eigenvalue weighted by molar-refractivity contribution is -0.139. The number of carboxylic acid groups (broad SMARTS) is 1. The summed E-state index contributed by atoms with van der Waals surface area (Å²) >= 11 is 0. The first-order valence-corrected chi connectivity index (χ1v) is 6.79. The number of aliphatic carboxylic acids is 1. The molecule has 0 spiro atoms. The topological polar surface area (TPSA) is 104 Å². The molecule has 1 aliphatic carbocycles. The molecule has 0 aromatic heterocycles. The van der Waals surface area contributed by atoms with Crippen LogP contribution in [0.15, 0.2) is 30.3 Å². The number of ether oxygens (including phenoxy) is 1. The summed E-state index contributed by atoms with van der Waals surface area (Å²) in [7, 11) is 0. The van der Waals surface area contributed by atoms with Gasteiger partial charge in [0.05, 0.1) is 18.1 Å². The van der Waals surface area contributed by atoms with E-state index in [4.69, 9.17) is 9.84 Å². The lowest BCUT2D eigenvalue weighted by Gasteiger charge is -2.22. The molecule has 0 unspecified atom stereocenters. The number of hydrogen-bond donors (Lipinski definition) is 3. The number of rotatable bonds is 5. The summed E-state index contributed by atoms with van der Waals surface area (Å²) in [6, 6.07) is 8.40. The van der Waals surface area contributed by atoms with Crippen molar-refractivity contribution in [1.82, 2.24) is 0 Å². The first kappa shape index (κ1) is 15.5. The standard InChI is InChI=1S/C15H18O6/c16-8-11-10(6-14(18)19)12(17)7-13(11)21-15(20)9-4-2-1-3-5-9/h1-5,10-13,16-17H,6-8H2,(H,18,19)/t10-,11-,12+,13-/m0/s1. The molecule has 0 aliphatic heterocycles. The number of esters is 1. The second kappa shape index (κ2) is 6.69. The van der Waals surface area contributed by atoms with Gasteiger partial charge in [-0.05, 0) is 12.1 Å². The molecule has 6 heteroatoms. The van der Waals surface area contributed by atoms with Gasteiger partial charge >= 0.3 is 11.9 Å². The Balaban J connectivity index is 2.06. The fourth-order valence-corrected chi connectivity index (χ4v) is 2.81. The van der Waals surface area contributed by atoms with Crippen molar-refractivity contribution in [3.8, 4) is 0 Å². The Morgan fingerprint density at radius 1 is 1.19 bits per heavy atom. The Morgan fingerprint density at radius 2 is 1.86 bits per heavy atom. The van der Waals surface area contributed by atoms with Crippen LogP contribution in [0.5, 0.6) is 0 Å². The number of carboxylic acids is 1. The second-order valence-electron chi connectivity index (χ2n) is 5.22. The first-order valence-electron chi connectivity index (χ1n) is 6.79. The average molecular weight is 294 g/mol.